The van der Waals surface area contributed by atoms with Crippen LogP contribution in [0.15, 0.2) is 11.4 Å². The van der Waals surface area contributed by atoms with Gasteiger partial charge in [0.2, 0.25) is 11.9 Å². The Bertz CT molecular complexity index is 581. The molecule has 2 N–H and O–H groups in total. The number of nitrogens with zero attached hydrogens (tertiary/aromatic N) is 1. The summed E-state index contributed by atoms with van der Waals surface area (Å²) in [6, 6.07) is 1.11. The number of amides is 2. The number of carbonyl (C=O) groups excluding carboxylic acids is 2. The molecule has 0 spiro atoms. The first kappa shape index (κ1) is 13.0. The molecule has 2 saturated carbocycles. The molecular formula is C12H13N3O4S. The van der Waals surface area contributed by atoms with E-state index >= 15 is 0 Å². The van der Waals surface area contributed by atoms with Crippen molar-refractivity contribution in [2.45, 2.75) is 31.3 Å². The summed E-state index contributed by atoms with van der Waals surface area (Å²) in [5, 5.41) is 18.2. The largest absolute Gasteiger partial charge is 0.349 e. The topological polar surface area (TPSA) is 101 Å². The fourth-order valence-corrected chi connectivity index (χ4v) is 2.76. The quantitative estimate of drug-likeness (QED) is 0.630. The first-order chi connectivity index (χ1) is 9.56. The molecule has 1 aromatic rings. The Morgan fingerprint density at radius 3 is 2.75 bits per heavy atom. The summed E-state index contributed by atoms with van der Waals surface area (Å²) in [6.45, 7) is 0. The minimum atomic E-state index is -0.779. The van der Waals surface area contributed by atoms with Crippen molar-refractivity contribution in [2.24, 2.45) is 5.92 Å². The molecule has 106 valence electrons. The second-order valence-electron chi connectivity index (χ2n) is 5.10. The molecule has 0 bridgehead atoms. The molecule has 7 nitrogen and oxygen atoms in total. The smallest absolute Gasteiger partial charge is 0.254 e. The second kappa shape index (κ2) is 4.86. The van der Waals surface area contributed by atoms with E-state index < -0.39 is 16.9 Å². The van der Waals surface area contributed by atoms with Gasteiger partial charge in [-0.05, 0) is 24.3 Å². The average Bonchev–Trinajstić information content (AvgIpc) is 3.29. The number of hydrogen-bond donors (Lipinski definition) is 2. The molecule has 2 fully saturated rings. The van der Waals surface area contributed by atoms with E-state index in [0.717, 1.165) is 12.8 Å². The molecule has 2 aliphatic rings. The van der Waals surface area contributed by atoms with Gasteiger partial charge in [0.05, 0.1) is 5.56 Å². The van der Waals surface area contributed by atoms with Crippen LogP contribution in [0.2, 0.25) is 0 Å². The van der Waals surface area contributed by atoms with Crippen molar-refractivity contribution in [1.82, 2.24) is 5.32 Å². The fraction of sp³-hybridized carbons (Fsp3) is 0.500. The van der Waals surface area contributed by atoms with Crippen molar-refractivity contribution >= 4 is 28.2 Å². The molecule has 3 rings (SSSR count). The van der Waals surface area contributed by atoms with E-state index in [-0.39, 0.29) is 24.3 Å². The van der Waals surface area contributed by atoms with Crippen molar-refractivity contribution in [3.05, 3.63) is 27.1 Å². The van der Waals surface area contributed by atoms with Crippen molar-refractivity contribution in [3.8, 4) is 0 Å². The first-order valence-corrected chi connectivity index (χ1v) is 7.27. The van der Waals surface area contributed by atoms with Crippen molar-refractivity contribution in [2.75, 3.05) is 5.32 Å². The van der Waals surface area contributed by atoms with Gasteiger partial charge in [-0.25, -0.2) is 0 Å². The summed E-state index contributed by atoms with van der Waals surface area (Å²) < 4.78 is 0. The maximum atomic E-state index is 12.0. The van der Waals surface area contributed by atoms with Crippen LogP contribution in [0, 0.1) is 16.0 Å². The molecule has 1 heterocycles. The van der Waals surface area contributed by atoms with Gasteiger partial charge in [-0.1, -0.05) is 0 Å². The molecular weight excluding hydrogens is 282 g/mol. The molecule has 20 heavy (non-hydrogen) atoms. The summed E-state index contributed by atoms with van der Waals surface area (Å²) in [7, 11) is 0. The van der Waals surface area contributed by atoms with E-state index in [1.54, 1.807) is 11.4 Å². The van der Waals surface area contributed by atoms with Crippen LogP contribution in [-0.4, -0.2) is 28.8 Å². The second-order valence-corrected chi connectivity index (χ2v) is 6.01. The molecule has 0 radical (unpaired) electrons. The Labute approximate surface area is 118 Å². The van der Waals surface area contributed by atoms with Crippen molar-refractivity contribution in [3.63, 3.8) is 0 Å². The summed E-state index contributed by atoms with van der Waals surface area (Å²) >= 11 is 1.25. The predicted molar refractivity (Wildman–Crippen MR) is 72.3 cm³/mol. The van der Waals surface area contributed by atoms with Crippen LogP contribution in [0.5, 0.6) is 0 Å². The number of nitrogens with one attached hydrogen (secondary N) is 2. The van der Waals surface area contributed by atoms with Gasteiger partial charge in [0, 0.05) is 17.4 Å². The van der Waals surface area contributed by atoms with Gasteiger partial charge < -0.3 is 10.6 Å². The zero-order valence-electron chi connectivity index (χ0n) is 10.5. The monoisotopic (exact) mass is 295 g/mol. The predicted octanol–water partition coefficient (Wildman–Crippen LogP) is 1.24. The minimum Gasteiger partial charge on any atom is -0.349 e. The SMILES string of the molecule is O=C(NC1CC1)c1ccsc1NC(=O)[C@H]1C[C@@H]1[N+](=O)[O-]. The molecule has 2 amide bonds. The highest BCUT2D eigenvalue weighted by molar-refractivity contribution is 7.14. The number of carbonyl (C=O) groups is 2. The first-order valence-electron chi connectivity index (χ1n) is 6.39. The van der Waals surface area contributed by atoms with Crippen LogP contribution in [0.25, 0.3) is 0 Å². The Balaban J connectivity index is 1.63. The van der Waals surface area contributed by atoms with Crippen LogP contribution in [0.3, 0.4) is 0 Å². The third-order valence-corrected chi connectivity index (χ3v) is 4.25. The van der Waals surface area contributed by atoms with E-state index in [2.05, 4.69) is 10.6 Å². The number of anilines is 1. The molecule has 1 aromatic heterocycles. The van der Waals surface area contributed by atoms with E-state index in [1.165, 1.54) is 11.3 Å². The molecule has 0 unspecified atom stereocenters. The number of hydrogen-bond acceptors (Lipinski definition) is 5. The van der Waals surface area contributed by atoms with E-state index in [0.29, 0.717) is 10.6 Å². The normalized spacial score (nSPS) is 24.0. The number of rotatable bonds is 5. The van der Waals surface area contributed by atoms with E-state index in [4.69, 9.17) is 0 Å². The third kappa shape index (κ3) is 2.64. The Hall–Kier alpha value is -1.96. The van der Waals surface area contributed by atoms with Crippen molar-refractivity contribution < 1.29 is 14.5 Å². The van der Waals surface area contributed by atoms with Crippen LogP contribution in [0.1, 0.15) is 29.6 Å². The van der Waals surface area contributed by atoms with Gasteiger partial charge in [0.25, 0.3) is 5.91 Å². The van der Waals surface area contributed by atoms with Gasteiger partial charge in [-0.2, -0.15) is 0 Å². The standard InChI is InChI=1S/C12H13N3O4S/c16-10(13-6-1-2-6)7-3-4-20-12(7)14-11(17)8-5-9(8)15(18)19/h3-4,6,8-9H,1-2,5H2,(H,13,16)(H,14,17)/t8-,9-/m0/s1. The summed E-state index contributed by atoms with van der Waals surface area (Å²) in [4.78, 5) is 33.9. The fourth-order valence-electron chi connectivity index (χ4n) is 1.98. The minimum absolute atomic E-state index is 0.203. The van der Waals surface area contributed by atoms with Gasteiger partial charge in [0.15, 0.2) is 0 Å². The van der Waals surface area contributed by atoms with Crippen LogP contribution in [-0.2, 0) is 4.79 Å². The lowest BCUT2D eigenvalue weighted by Crippen LogP contribution is -2.26. The van der Waals surface area contributed by atoms with E-state index in [1.807, 2.05) is 0 Å². The van der Waals surface area contributed by atoms with Gasteiger partial charge in [-0.15, -0.1) is 11.3 Å². The third-order valence-electron chi connectivity index (χ3n) is 3.42. The van der Waals surface area contributed by atoms with Gasteiger partial charge >= 0.3 is 0 Å². The van der Waals surface area contributed by atoms with Gasteiger partial charge in [-0.3, -0.25) is 19.7 Å². The number of nitro groups is 1. The zero-order valence-corrected chi connectivity index (χ0v) is 11.3. The average molecular weight is 295 g/mol. The Morgan fingerprint density at radius 1 is 1.40 bits per heavy atom. The highest BCUT2D eigenvalue weighted by atomic mass is 32.1. The molecule has 2 atom stereocenters. The van der Waals surface area contributed by atoms with Gasteiger partial charge in [0.1, 0.15) is 10.9 Å². The van der Waals surface area contributed by atoms with Crippen LogP contribution >= 0.6 is 11.3 Å². The molecule has 0 aromatic carbocycles. The molecule has 0 aliphatic heterocycles. The summed E-state index contributed by atoms with van der Waals surface area (Å²) in [6.07, 6.45) is 2.25. The Morgan fingerprint density at radius 2 is 2.15 bits per heavy atom. The molecule has 2 aliphatic carbocycles. The molecule has 8 heteroatoms. The van der Waals surface area contributed by atoms with Crippen LogP contribution < -0.4 is 10.6 Å². The maximum Gasteiger partial charge on any atom is 0.254 e. The summed E-state index contributed by atoms with van der Waals surface area (Å²) in [5.74, 6) is -1.16. The molecule has 0 saturated heterocycles. The lowest BCUT2D eigenvalue weighted by Gasteiger charge is -2.06. The van der Waals surface area contributed by atoms with Crippen molar-refractivity contribution in [1.29, 1.82) is 0 Å². The Kier molecular flexibility index (Phi) is 3.17. The highest BCUT2D eigenvalue weighted by Gasteiger charge is 2.53. The zero-order chi connectivity index (χ0) is 14.3. The summed E-state index contributed by atoms with van der Waals surface area (Å²) in [5.41, 5.74) is 0.425. The highest BCUT2D eigenvalue weighted by Crippen LogP contribution is 2.35. The van der Waals surface area contributed by atoms with Crippen LogP contribution in [0.4, 0.5) is 5.00 Å². The van der Waals surface area contributed by atoms with E-state index in [9.17, 15) is 19.7 Å². The number of thiophene rings is 1. The lowest BCUT2D eigenvalue weighted by molar-refractivity contribution is -0.497. The lowest BCUT2D eigenvalue weighted by atomic mass is 10.3. The maximum absolute atomic E-state index is 12.0.